The maximum atomic E-state index is 12.1. The number of amides is 2. The van der Waals surface area contributed by atoms with Crippen LogP contribution in [0.15, 0.2) is 66.9 Å². The lowest BCUT2D eigenvalue weighted by Gasteiger charge is -2.12. The number of nitrogens with one attached hydrogen (secondary N) is 2. The van der Waals surface area contributed by atoms with Crippen molar-refractivity contribution >= 4 is 17.5 Å². The van der Waals surface area contributed by atoms with Crippen molar-refractivity contribution in [3.63, 3.8) is 0 Å². The third-order valence-corrected chi connectivity index (χ3v) is 4.74. The van der Waals surface area contributed by atoms with Gasteiger partial charge >= 0.3 is 0 Å². The number of nitrogens with zero attached hydrogens (tertiary/aromatic N) is 1. The summed E-state index contributed by atoms with van der Waals surface area (Å²) in [6.07, 6.45) is 2.06. The molecule has 0 bridgehead atoms. The van der Waals surface area contributed by atoms with E-state index in [4.69, 9.17) is 10.5 Å². The Labute approximate surface area is 181 Å². The molecule has 0 saturated carbocycles. The predicted octanol–water partition coefficient (Wildman–Crippen LogP) is 2.76. The van der Waals surface area contributed by atoms with Gasteiger partial charge in [-0.05, 0) is 29.3 Å². The van der Waals surface area contributed by atoms with Crippen LogP contribution < -0.4 is 16.4 Å². The zero-order chi connectivity index (χ0) is 22.1. The highest BCUT2D eigenvalue weighted by Crippen LogP contribution is 2.19. The van der Waals surface area contributed by atoms with Crippen molar-refractivity contribution in [1.29, 1.82) is 0 Å². The first kappa shape index (κ1) is 22.0. The fraction of sp³-hybridized carbons (Fsp3) is 0.208. The van der Waals surface area contributed by atoms with Crippen LogP contribution in [0.4, 0.5) is 5.69 Å². The normalized spacial score (nSPS) is 10.5. The second-order valence-corrected chi connectivity index (χ2v) is 7.05. The Hall–Kier alpha value is -3.71. The fourth-order valence-electron chi connectivity index (χ4n) is 3.08. The summed E-state index contributed by atoms with van der Waals surface area (Å²) in [6.45, 7) is 1.50. The van der Waals surface area contributed by atoms with Crippen LogP contribution in [0.1, 0.15) is 37.5 Å². The molecule has 0 radical (unpaired) electrons. The minimum absolute atomic E-state index is 0.139. The Morgan fingerprint density at radius 2 is 1.77 bits per heavy atom. The number of carbonyl (C=O) groups excluding carboxylic acids is 2. The smallest absolute Gasteiger partial charge is 0.252 e. The quantitative estimate of drug-likeness (QED) is 0.439. The number of benzene rings is 2. The fourth-order valence-corrected chi connectivity index (χ4v) is 3.08. The molecule has 1 heterocycles. The Morgan fingerprint density at radius 3 is 2.45 bits per heavy atom. The highest BCUT2D eigenvalue weighted by molar-refractivity contribution is 5.98. The number of hydrogen-bond acceptors (Lipinski definition) is 5. The first-order chi connectivity index (χ1) is 15.1. The third-order valence-electron chi connectivity index (χ3n) is 4.74. The van der Waals surface area contributed by atoms with Crippen LogP contribution in [0.3, 0.4) is 0 Å². The van der Waals surface area contributed by atoms with Crippen molar-refractivity contribution in [2.45, 2.75) is 13.0 Å². The molecule has 160 valence electrons. The second kappa shape index (κ2) is 10.9. The Morgan fingerprint density at radius 1 is 1.03 bits per heavy atom. The number of hydrogen-bond donors (Lipinski definition) is 3. The average molecular weight is 418 g/mol. The lowest BCUT2D eigenvalue weighted by molar-refractivity contribution is 0.0936. The number of nitrogens with two attached hydrogens (primary N) is 1. The summed E-state index contributed by atoms with van der Waals surface area (Å²) in [7, 11) is 1.59. The van der Waals surface area contributed by atoms with E-state index < -0.39 is 5.91 Å². The van der Waals surface area contributed by atoms with Gasteiger partial charge in [-0.3, -0.25) is 14.6 Å². The molecule has 0 aliphatic rings. The van der Waals surface area contributed by atoms with Gasteiger partial charge in [-0.15, -0.1) is 0 Å². The Kier molecular flexibility index (Phi) is 7.73. The van der Waals surface area contributed by atoms with Gasteiger partial charge in [-0.2, -0.15) is 0 Å². The molecule has 0 unspecified atom stereocenters. The summed E-state index contributed by atoms with van der Waals surface area (Å²) in [5.74, 6) is -0.668. The molecular weight excluding hydrogens is 392 g/mol. The second-order valence-electron chi connectivity index (χ2n) is 7.05. The molecule has 1 aromatic heterocycles. The van der Waals surface area contributed by atoms with Gasteiger partial charge in [0.1, 0.15) is 0 Å². The summed E-state index contributed by atoms with van der Waals surface area (Å²) >= 11 is 0. The van der Waals surface area contributed by atoms with Crippen molar-refractivity contribution in [3.8, 4) is 0 Å². The third kappa shape index (κ3) is 6.38. The van der Waals surface area contributed by atoms with Crippen LogP contribution >= 0.6 is 0 Å². The molecule has 0 spiro atoms. The van der Waals surface area contributed by atoms with Crippen molar-refractivity contribution in [2.75, 3.05) is 25.6 Å². The zero-order valence-corrected chi connectivity index (χ0v) is 17.4. The molecule has 2 aromatic carbocycles. The van der Waals surface area contributed by atoms with Gasteiger partial charge in [-0.1, -0.05) is 42.5 Å². The molecule has 4 N–H and O–H groups in total. The molecule has 7 nitrogen and oxygen atoms in total. The summed E-state index contributed by atoms with van der Waals surface area (Å²) in [6, 6.07) is 19.1. The van der Waals surface area contributed by atoms with E-state index in [2.05, 4.69) is 15.6 Å². The number of primary amides is 1. The summed E-state index contributed by atoms with van der Waals surface area (Å²) < 4.78 is 4.93. The number of ether oxygens (including phenoxy) is 1. The summed E-state index contributed by atoms with van der Waals surface area (Å²) in [5.41, 5.74) is 9.98. The van der Waals surface area contributed by atoms with Gasteiger partial charge in [0.15, 0.2) is 0 Å². The van der Waals surface area contributed by atoms with Gasteiger partial charge < -0.3 is 21.1 Å². The van der Waals surface area contributed by atoms with Gasteiger partial charge in [0.25, 0.3) is 11.8 Å². The van der Waals surface area contributed by atoms with E-state index in [1.807, 2.05) is 48.5 Å². The molecule has 0 aliphatic heterocycles. The molecule has 3 rings (SSSR count). The van der Waals surface area contributed by atoms with Crippen LogP contribution in [0.2, 0.25) is 0 Å². The maximum absolute atomic E-state index is 12.1. The molecule has 0 saturated heterocycles. The van der Waals surface area contributed by atoms with Crippen LogP contribution in [-0.4, -0.2) is 37.1 Å². The van der Waals surface area contributed by atoms with Crippen molar-refractivity contribution < 1.29 is 14.3 Å². The van der Waals surface area contributed by atoms with E-state index in [0.29, 0.717) is 42.9 Å². The molecule has 0 atom stereocenters. The highest BCUT2D eigenvalue weighted by Gasteiger charge is 2.11. The maximum Gasteiger partial charge on any atom is 0.252 e. The monoisotopic (exact) mass is 418 g/mol. The molecule has 7 heteroatoms. The van der Waals surface area contributed by atoms with Gasteiger partial charge in [-0.25, -0.2) is 0 Å². The topological polar surface area (TPSA) is 106 Å². The van der Waals surface area contributed by atoms with Crippen LogP contribution in [0.25, 0.3) is 0 Å². The number of anilines is 1. The highest BCUT2D eigenvalue weighted by atomic mass is 16.5. The number of pyridine rings is 1. The van der Waals surface area contributed by atoms with Crippen molar-refractivity contribution in [1.82, 2.24) is 10.3 Å². The van der Waals surface area contributed by atoms with Crippen molar-refractivity contribution in [2.24, 2.45) is 5.73 Å². The Bertz CT molecular complexity index is 1020. The first-order valence-corrected chi connectivity index (χ1v) is 9.99. The number of carbonyl (C=O) groups is 2. The molecule has 31 heavy (non-hydrogen) atoms. The van der Waals surface area contributed by atoms with Crippen molar-refractivity contribution in [3.05, 3.63) is 94.8 Å². The van der Waals surface area contributed by atoms with Crippen LogP contribution in [0, 0.1) is 0 Å². The van der Waals surface area contributed by atoms with Crippen LogP contribution in [-0.2, 0) is 17.7 Å². The van der Waals surface area contributed by atoms with E-state index in [-0.39, 0.29) is 5.91 Å². The minimum atomic E-state index is -0.529. The van der Waals surface area contributed by atoms with Crippen LogP contribution in [0.5, 0.6) is 0 Å². The number of aromatic nitrogens is 1. The summed E-state index contributed by atoms with van der Waals surface area (Å²) in [5, 5.41) is 6.07. The number of methoxy groups -OCH3 is 1. The van der Waals surface area contributed by atoms with Gasteiger partial charge in [0, 0.05) is 44.1 Å². The lowest BCUT2D eigenvalue weighted by Crippen LogP contribution is -2.26. The average Bonchev–Trinajstić information content (AvgIpc) is 2.79. The van der Waals surface area contributed by atoms with E-state index in [1.165, 1.54) is 6.20 Å². The minimum Gasteiger partial charge on any atom is -0.383 e. The molecule has 0 fully saturated rings. The molecular formula is C24H26N4O3. The first-order valence-electron chi connectivity index (χ1n) is 9.99. The van der Waals surface area contributed by atoms with E-state index >= 15 is 0 Å². The zero-order valence-electron chi connectivity index (χ0n) is 17.4. The predicted molar refractivity (Wildman–Crippen MR) is 120 cm³/mol. The standard InChI is InChI=1S/C24H26N4O3/c1-31-12-11-26-24(30)19-9-7-17(8-10-19)13-20-14-22(21(16-27-20)23(25)29)28-15-18-5-3-2-4-6-18/h2-10,14,16H,11-13,15H2,1H3,(H2,25,29)(H,26,30)(H,27,28). The Balaban J connectivity index is 1.69. The number of rotatable bonds is 10. The molecule has 2 amide bonds. The van der Waals surface area contributed by atoms with Gasteiger partial charge in [0.05, 0.1) is 17.9 Å². The summed E-state index contributed by atoms with van der Waals surface area (Å²) in [4.78, 5) is 28.3. The van der Waals surface area contributed by atoms with E-state index in [9.17, 15) is 9.59 Å². The largest absolute Gasteiger partial charge is 0.383 e. The van der Waals surface area contributed by atoms with E-state index in [1.54, 1.807) is 19.2 Å². The molecule has 3 aromatic rings. The lowest BCUT2D eigenvalue weighted by atomic mass is 10.0. The van der Waals surface area contributed by atoms with E-state index in [0.717, 1.165) is 16.8 Å². The SMILES string of the molecule is COCCNC(=O)c1ccc(Cc2cc(NCc3ccccc3)c(C(N)=O)cn2)cc1. The van der Waals surface area contributed by atoms with Gasteiger partial charge in [0.2, 0.25) is 0 Å². The molecule has 0 aliphatic carbocycles.